The molecule has 5 rings (SSSR count). The van der Waals surface area contributed by atoms with Crippen LogP contribution >= 0.6 is 0 Å². The summed E-state index contributed by atoms with van der Waals surface area (Å²) in [5, 5.41) is 0. The average Bonchev–Trinajstić information content (AvgIpc) is 3.36. The normalized spacial score (nSPS) is 12.0. The molecule has 0 atom stereocenters. The van der Waals surface area contributed by atoms with Crippen LogP contribution in [0.2, 0.25) is 0 Å². The van der Waals surface area contributed by atoms with Crippen molar-refractivity contribution in [1.82, 2.24) is 19.9 Å². The molecule has 1 aliphatic rings. The highest BCUT2D eigenvalue weighted by atomic mass is 16.1. The summed E-state index contributed by atoms with van der Waals surface area (Å²) in [4.78, 5) is 26.9. The van der Waals surface area contributed by atoms with E-state index in [0.29, 0.717) is 11.2 Å². The van der Waals surface area contributed by atoms with E-state index in [1.54, 1.807) is 12.1 Å². The zero-order valence-corrected chi connectivity index (χ0v) is 13.2. The maximum Gasteiger partial charge on any atom is 0.227 e. The van der Waals surface area contributed by atoms with Gasteiger partial charge >= 0.3 is 0 Å². The fourth-order valence-electron chi connectivity index (χ4n) is 3.04. The van der Waals surface area contributed by atoms with Crippen LogP contribution in [0.3, 0.4) is 0 Å². The molecule has 0 saturated heterocycles. The lowest BCUT2D eigenvalue weighted by molar-refractivity contribution is 1.29. The number of aromatic nitrogens is 4. The van der Waals surface area contributed by atoms with E-state index < -0.39 is 0 Å². The second-order valence-electron chi connectivity index (χ2n) is 6.08. The molecule has 0 unspecified atom stereocenters. The predicted octanol–water partition coefficient (Wildman–Crippen LogP) is 4.06. The first-order valence-electron chi connectivity index (χ1n) is 8.03. The molecule has 5 heterocycles. The first kappa shape index (κ1) is 13.8. The van der Waals surface area contributed by atoms with Crippen molar-refractivity contribution < 1.29 is 0 Å². The molecule has 4 aromatic heterocycles. The van der Waals surface area contributed by atoms with Crippen LogP contribution in [0.25, 0.3) is 45.3 Å². The van der Waals surface area contributed by atoms with Crippen molar-refractivity contribution in [1.29, 1.82) is 0 Å². The lowest BCUT2D eigenvalue weighted by Gasteiger charge is -1.85. The summed E-state index contributed by atoms with van der Waals surface area (Å²) in [6, 6.07) is 17.7. The molecule has 3 N–H and O–H groups in total. The number of H-pyrrole nitrogens is 3. The second kappa shape index (κ2) is 5.21. The monoisotopic (exact) mass is 326 g/mol. The summed E-state index contributed by atoms with van der Waals surface area (Å²) in [6.45, 7) is 0. The maximum atomic E-state index is 12.6. The Balaban J connectivity index is 1.92. The fourth-order valence-corrected chi connectivity index (χ4v) is 3.04. The molecule has 0 aromatic carbocycles. The summed E-state index contributed by atoms with van der Waals surface area (Å²) in [7, 11) is 0. The van der Waals surface area contributed by atoms with E-state index in [-0.39, 0.29) is 5.43 Å². The van der Waals surface area contributed by atoms with E-state index in [0.717, 1.165) is 33.3 Å². The minimum absolute atomic E-state index is 0.112. The van der Waals surface area contributed by atoms with Crippen molar-refractivity contribution in [3.8, 4) is 0 Å². The van der Waals surface area contributed by atoms with Gasteiger partial charge in [0, 0.05) is 27.6 Å². The lowest BCUT2D eigenvalue weighted by atomic mass is 10.3. The largest absolute Gasteiger partial charge is 0.355 e. The van der Waals surface area contributed by atoms with Crippen molar-refractivity contribution in [2.24, 2.45) is 0 Å². The lowest BCUT2D eigenvalue weighted by Crippen LogP contribution is -2.03. The minimum atomic E-state index is -0.112. The molecule has 0 aliphatic carbocycles. The van der Waals surface area contributed by atoms with E-state index in [4.69, 9.17) is 0 Å². The van der Waals surface area contributed by atoms with Gasteiger partial charge in [0.05, 0.1) is 11.2 Å². The van der Waals surface area contributed by atoms with Crippen LogP contribution in [0.5, 0.6) is 0 Å². The Bertz CT molecular complexity index is 1320. The predicted molar refractivity (Wildman–Crippen MR) is 101 cm³/mol. The molecule has 0 spiro atoms. The zero-order valence-electron chi connectivity index (χ0n) is 13.2. The summed E-state index contributed by atoms with van der Waals surface area (Å²) in [5.74, 6) is 0. The van der Waals surface area contributed by atoms with Crippen molar-refractivity contribution in [3.05, 3.63) is 76.2 Å². The molecule has 1 aliphatic heterocycles. The Morgan fingerprint density at radius 2 is 1.20 bits per heavy atom. The maximum absolute atomic E-state index is 12.6. The van der Waals surface area contributed by atoms with Crippen molar-refractivity contribution in [2.75, 3.05) is 0 Å². The molecular formula is C20H14N4O. The second-order valence-corrected chi connectivity index (χ2v) is 6.08. The quantitative estimate of drug-likeness (QED) is 0.401. The van der Waals surface area contributed by atoms with Gasteiger partial charge in [-0.05, 0) is 66.7 Å². The Morgan fingerprint density at radius 3 is 1.88 bits per heavy atom. The average molecular weight is 326 g/mol. The minimum Gasteiger partial charge on any atom is -0.355 e. The van der Waals surface area contributed by atoms with Gasteiger partial charge in [0.1, 0.15) is 5.69 Å². The summed E-state index contributed by atoms with van der Waals surface area (Å²) in [6.07, 6.45) is 3.60. The van der Waals surface area contributed by atoms with Crippen LogP contribution in [-0.4, -0.2) is 19.9 Å². The number of aromatic amines is 3. The van der Waals surface area contributed by atoms with Crippen molar-refractivity contribution in [3.63, 3.8) is 0 Å². The first-order chi connectivity index (χ1) is 12.2. The zero-order chi connectivity index (χ0) is 16.8. The standard InChI is InChI=1S/C20H14N4O/c25-20-18-7-5-16(23-18)10-14-3-1-12(21-14)9-13-2-4-15(22-13)11-17-6-8-19(20)24-17/h1-11,21-23H. The highest BCUT2D eigenvalue weighted by Crippen LogP contribution is 2.13. The third-order valence-electron chi connectivity index (χ3n) is 4.23. The number of nitrogens with one attached hydrogen (secondary N) is 3. The third kappa shape index (κ3) is 2.52. The molecule has 0 amide bonds. The highest BCUT2D eigenvalue weighted by molar-refractivity contribution is 5.76. The Kier molecular flexibility index (Phi) is 2.87. The Morgan fingerprint density at radius 1 is 0.640 bits per heavy atom. The van der Waals surface area contributed by atoms with Gasteiger partial charge in [-0.15, -0.1) is 0 Å². The van der Waals surface area contributed by atoms with Crippen LogP contribution in [0.4, 0.5) is 0 Å². The van der Waals surface area contributed by atoms with E-state index in [1.807, 2.05) is 54.6 Å². The van der Waals surface area contributed by atoms with Crippen molar-refractivity contribution in [2.45, 2.75) is 0 Å². The van der Waals surface area contributed by atoms with Crippen molar-refractivity contribution >= 4 is 45.3 Å². The van der Waals surface area contributed by atoms with E-state index in [9.17, 15) is 4.79 Å². The number of hydrogen-bond acceptors (Lipinski definition) is 2. The summed E-state index contributed by atoms with van der Waals surface area (Å²) >= 11 is 0. The van der Waals surface area contributed by atoms with Crippen LogP contribution in [0.15, 0.2) is 59.4 Å². The number of fused-ring (bicyclic) bond motifs is 8. The molecule has 8 bridgehead atoms. The van der Waals surface area contributed by atoms with Gasteiger partial charge in [-0.3, -0.25) is 4.79 Å². The van der Waals surface area contributed by atoms with Crippen LogP contribution in [0, 0.1) is 0 Å². The van der Waals surface area contributed by atoms with Gasteiger partial charge in [-0.1, -0.05) is 0 Å². The topological polar surface area (TPSA) is 77.3 Å². The molecule has 0 fully saturated rings. The van der Waals surface area contributed by atoms with Gasteiger partial charge in [0.15, 0.2) is 0 Å². The molecule has 0 saturated carbocycles. The number of rotatable bonds is 0. The molecule has 5 heteroatoms. The molecule has 4 aromatic rings. The number of nitrogens with zero attached hydrogens (tertiary/aromatic N) is 1. The molecule has 0 radical (unpaired) electrons. The SMILES string of the molecule is O=c1c2nc(cc3ccc(cc4ccc(cc5ccc1[nH]5)[nH]4)[nH]3)C=C2. The van der Waals surface area contributed by atoms with E-state index in [2.05, 4.69) is 19.9 Å². The Labute approximate surface area is 142 Å². The fraction of sp³-hybridized carbons (Fsp3) is 0. The van der Waals surface area contributed by atoms with Gasteiger partial charge in [0.2, 0.25) is 5.43 Å². The van der Waals surface area contributed by atoms with Crippen LogP contribution < -0.4 is 5.43 Å². The summed E-state index contributed by atoms with van der Waals surface area (Å²) < 4.78 is 0. The van der Waals surface area contributed by atoms with Gasteiger partial charge in [0.25, 0.3) is 0 Å². The molecular weight excluding hydrogens is 312 g/mol. The molecule has 5 nitrogen and oxygen atoms in total. The van der Waals surface area contributed by atoms with E-state index >= 15 is 0 Å². The smallest absolute Gasteiger partial charge is 0.227 e. The summed E-state index contributed by atoms with van der Waals surface area (Å²) in [5.41, 5.74) is 6.38. The molecule has 25 heavy (non-hydrogen) atoms. The highest BCUT2D eigenvalue weighted by Gasteiger charge is 2.04. The third-order valence-corrected chi connectivity index (χ3v) is 4.23. The van der Waals surface area contributed by atoms with Gasteiger partial charge in [-0.2, -0.15) is 0 Å². The molecule has 120 valence electrons. The van der Waals surface area contributed by atoms with Crippen LogP contribution in [0.1, 0.15) is 11.4 Å². The number of hydrogen-bond donors (Lipinski definition) is 3. The van der Waals surface area contributed by atoms with E-state index in [1.165, 1.54) is 0 Å². The van der Waals surface area contributed by atoms with Gasteiger partial charge in [-0.25, -0.2) is 4.98 Å². The Hall–Kier alpha value is -3.60. The van der Waals surface area contributed by atoms with Crippen LogP contribution in [-0.2, 0) is 0 Å². The first-order valence-corrected chi connectivity index (χ1v) is 8.03. The van der Waals surface area contributed by atoms with Gasteiger partial charge < -0.3 is 15.0 Å².